The van der Waals surface area contributed by atoms with Gasteiger partial charge in [0.2, 0.25) is 0 Å². The van der Waals surface area contributed by atoms with Crippen LogP contribution in [-0.2, 0) is 13.0 Å². The SMILES string of the molecule is CCc1nc(Br)c(C(=O)NCc2ccc(Cl)c(Oc3cc(Cl)cc(C#N)c3)c2F)[nH]1. The highest BCUT2D eigenvalue weighted by molar-refractivity contribution is 9.10. The lowest BCUT2D eigenvalue weighted by molar-refractivity contribution is 0.0945. The molecule has 2 N–H and O–H groups in total. The molecule has 2 aromatic carbocycles. The molecule has 0 fully saturated rings. The van der Waals surface area contributed by atoms with Gasteiger partial charge in [0, 0.05) is 23.6 Å². The van der Waals surface area contributed by atoms with E-state index in [2.05, 4.69) is 31.2 Å². The fourth-order valence-electron chi connectivity index (χ4n) is 2.59. The van der Waals surface area contributed by atoms with Crippen molar-refractivity contribution >= 4 is 45.0 Å². The van der Waals surface area contributed by atoms with E-state index in [4.69, 9.17) is 33.2 Å². The first-order chi connectivity index (χ1) is 14.3. The molecular weight excluding hydrogens is 498 g/mol. The number of carbonyl (C=O) groups excluding carboxylic acids is 1. The topological polar surface area (TPSA) is 90.8 Å². The number of aromatic amines is 1. The van der Waals surface area contributed by atoms with Crippen molar-refractivity contribution in [3.8, 4) is 17.6 Å². The van der Waals surface area contributed by atoms with Gasteiger partial charge in [0.1, 0.15) is 21.9 Å². The first-order valence-corrected chi connectivity index (χ1v) is 10.2. The molecular formula is C20H14BrCl2FN4O2. The molecule has 0 unspecified atom stereocenters. The summed E-state index contributed by atoms with van der Waals surface area (Å²) in [5.41, 5.74) is 0.673. The largest absolute Gasteiger partial charge is 0.453 e. The van der Waals surface area contributed by atoms with Crippen molar-refractivity contribution in [2.24, 2.45) is 0 Å². The Kier molecular flexibility index (Phi) is 6.98. The van der Waals surface area contributed by atoms with Gasteiger partial charge in [0.25, 0.3) is 5.91 Å². The predicted molar refractivity (Wildman–Crippen MR) is 114 cm³/mol. The Bertz CT molecular complexity index is 1160. The van der Waals surface area contributed by atoms with E-state index in [-0.39, 0.29) is 44.9 Å². The number of aryl methyl sites for hydroxylation is 1. The third kappa shape index (κ3) is 4.93. The minimum Gasteiger partial charge on any atom is -0.453 e. The summed E-state index contributed by atoms with van der Waals surface area (Å²) in [6, 6.07) is 9.15. The van der Waals surface area contributed by atoms with E-state index in [0.717, 1.165) is 0 Å². The van der Waals surface area contributed by atoms with Gasteiger partial charge in [-0.2, -0.15) is 5.26 Å². The number of rotatable bonds is 6. The summed E-state index contributed by atoms with van der Waals surface area (Å²) in [5.74, 6) is -0.600. The van der Waals surface area contributed by atoms with Crippen LogP contribution < -0.4 is 10.1 Å². The van der Waals surface area contributed by atoms with E-state index >= 15 is 4.39 Å². The number of imidazole rings is 1. The molecule has 6 nitrogen and oxygen atoms in total. The van der Waals surface area contributed by atoms with Gasteiger partial charge >= 0.3 is 0 Å². The number of amides is 1. The minimum absolute atomic E-state index is 0.0324. The fourth-order valence-corrected chi connectivity index (χ4v) is 3.49. The molecule has 0 spiro atoms. The lowest BCUT2D eigenvalue weighted by atomic mass is 10.2. The summed E-state index contributed by atoms with van der Waals surface area (Å²) < 4.78 is 20.9. The predicted octanol–water partition coefficient (Wildman–Crippen LogP) is 5.77. The normalized spacial score (nSPS) is 10.5. The lowest BCUT2D eigenvalue weighted by Crippen LogP contribution is -2.24. The number of nitrogens with one attached hydrogen (secondary N) is 2. The molecule has 0 aliphatic heterocycles. The maximum Gasteiger partial charge on any atom is 0.270 e. The van der Waals surface area contributed by atoms with Crippen molar-refractivity contribution in [3.63, 3.8) is 0 Å². The van der Waals surface area contributed by atoms with E-state index in [1.807, 2.05) is 13.0 Å². The molecule has 1 aromatic heterocycles. The van der Waals surface area contributed by atoms with Crippen LogP contribution >= 0.6 is 39.1 Å². The van der Waals surface area contributed by atoms with Gasteiger partial charge in [-0.1, -0.05) is 36.2 Å². The Hall–Kier alpha value is -2.60. The number of nitriles is 1. The van der Waals surface area contributed by atoms with Gasteiger partial charge in [0.15, 0.2) is 11.6 Å². The van der Waals surface area contributed by atoms with E-state index in [0.29, 0.717) is 16.8 Å². The highest BCUT2D eigenvalue weighted by Crippen LogP contribution is 2.35. The van der Waals surface area contributed by atoms with Gasteiger partial charge in [-0.05, 0) is 40.2 Å². The highest BCUT2D eigenvalue weighted by Gasteiger charge is 2.18. The zero-order chi connectivity index (χ0) is 21.8. The number of nitrogens with zero attached hydrogens (tertiary/aromatic N) is 2. The number of H-pyrrole nitrogens is 1. The third-order valence-corrected chi connectivity index (χ3v) is 5.15. The zero-order valence-electron chi connectivity index (χ0n) is 15.5. The Morgan fingerprint density at radius 2 is 2.13 bits per heavy atom. The molecule has 3 rings (SSSR count). The highest BCUT2D eigenvalue weighted by atomic mass is 79.9. The smallest absolute Gasteiger partial charge is 0.270 e. The first kappa shape index (κ1) is 22.1. The number of halogens is 4. The Labute approximate surface area is 190 Å². The van der Waals surface area contributed by atoms with Crippen molar-refractivity contribution in [1.29, 1.82) is 5.26 Å². The van der Waals surface area contributed by atoms with E-state index in [1.54, 1.807) is 0 Å². The van der Waals surface area contributed by atoms with Crippen LogP contribution in [0.15, 0.2) is 34.9 Å². The van der Waals surface area contributed by atoms with Crippen LogP contribution in [0.2, 0.25) is 10.0 Å². The molecule has 3 aromatic rings. The molecule has 1 amide bonds. The van der Waals surface area contributed by atoms with Gasteiger partial charge < -0.3 is 15.0 Å². The van der Waals surface area contributed by atoms with Crippen molar-refractivity contribution in [1.82, 2.24) is 15.3 Å². The quantitative estimate of drug-likeness (QED) is 0.439. The van der Waals surface area contributed by atoms with Crippen molar-refractivity contribution in [3.05, 3.63) is 73.4 Å². The summed E-state index contributed by atoms with van der Waals surface area (Å²) in [6.45, 7) is 1.79. The molecule has 0 atom stereocenters. The molecule has 30 heavy (non-hydrogen) atoms. The van der Waals surface area contributed by atoms with Crippen LogP contribution in [0.1, 0.15) is 34.4 Å². The number of ether oxygens (including phenoxy) is 1. The zero-order valence-corrected chi connectivity index (χ0v) is 18.6. The number of carbonyl (C=O) groups is 1. The second-order valence-corrected chi connectivity index (χ2v) is 7.72. The van der Waals surface area contributed by atoms with Crippen LogP contribution in [0.4, 0.5) is 4.39 Å². The maximum atomic E-state index is 15.0. The molecule has 0 aliphatic rings. The Morgan fingerprint density at radius 1 is 1.37 bits per heavy atom. The molecule has 1 heterocycles. The number of hydrogen-bond donors (Lipinski definition) is 2. The molecule has 154 valence electrons. The Morgan fingerprint density at radius 3 is 2.80 bits per heavy atom. The summed E-state index contributed by atoms with van der Waals surface area (Å²) in [6.07, 6.45) is 0.634. The summed E-state index contributed by atoms with van der Waals surface area (Å²) in [4.78, 5) is 19.5. The molecule has 0 saturated carbocycles. The van der Waals surface area contributed by atoms with Gasteiger partial charge in [0.05, 0.1) is 16.7 Å². The molecule has 0 saturated heterocycles. The average Bonchev–Trinajstić information content (AvgIpc) is 3.10. The monoisotopic (exact) mass is 510 g/mol. The van der Waals surface area contributed by atoms with Crippen LogP contribution in [0, 0.1) is 17.1 Å². The number of hydrogen-bond acceptors (Lipinski definition) is 4. The summed E-state index contributed by atoms with van der Waals surface area (Å²) >= 11 is 15.3. The van der Waals surface area contributed by atoms with Crippen LogP contribution in [0.5, 0.6) is 11.5 Å². The standard InChI is InChI=1S/C20H14BrCl2FN4O2/c1-2-15-27-17(19(21)28-15)20(29)26-9-11-3-4-14(23)18(16(11)24)30-13-6-10(8-25)5-12(22)7-13/h3-7H,2,9H2,1H3,(H,26,29)(H,27,28). The summed E-state index contributed by atoms with van der Waals surface area (Å²) in [5, 5.41) is 12.0. The first-order valence-electron chi connectivity index (χ1n) is 8.70. The van der Waals surface area contributed by atoms with Gasteiger partial charge in [-0.15, -0.1) is 0 Å². The van der Waals surface area contributed by atoms with Crippen LogP contribution in [0.3, 0.4) is 0 Å². The van der Waals surface area contributed by atoms with E-state index in [9.17, 15) is 4.79 Å². The molecule has 0 aliphatic carbocycles. The van der Waals surface area contributed by atoms with Crippen molar-refractivity contribution in [2.75, 3.05) is 0 Å². The van der Waals surface area contributed by atoms with Gasteiger partial charge in [-0.3, -0.25) is 4.79 Å². The van der Waals surface area contributed by atoms with Crippen LogP contribution in [0.25, 0.3) is 0 Å². The molecule has 10 heteroatoms. The average molecular weight is 512 g/mol. The van der Waals surface area contributed by atoms with Crippen LogP contribution in [-0.4, -0.2) is 15.9 Å². The van der Waals surface area contributed by atoms with Crippen molar-refractivity contribution < 1.29 is 13.9 Å². The van der Waals surface area contributed by atoms with Crippen molar-refractivity contribution in [2.45, 2.75) is 19.9 Å². The van der Waals surface area contributed by atoms with E-state index in [1.165, 1.54) is 30.3 Å². The molecule has 0 radical (unpaired) electrons. The minimum atomic E-state index is -0.737. The summed E-state index contributed by atoms with van der Waals surface area (Å²) in [7, 11) is 0. The Balaban J connectivity index is 1.81. The fraction of sp³-hybridized carbons (Fsp3) is 0.150. The maximum absolute atomic E-state index is 15.0. The second kappa shape index (κ2) is 9.47. The number of benzene rings is 2. The van der Waals surface area contributed by atoms with E-state index < -0.39 is 11.7 Å². The molecule has 0 bridgehead atoms. The third-order valence-electron chi connectivity index (χ3n) is 4.06. The lowest BCUT2D eigenvalue weighted by Gasteiger charge is -2.13. The number of aromatic nitrogens is 2. The second-order valence-electron chi connectivity index (χ2n) is 6.12. The van der Waals surface area contributed by atoms with Gasteiger partial charge in [-0.25, -0.2) is 9.37 Å².